The first kappa shape index (κ1) is 25.3. The minimum Gasteiger partial charge on any atom is -0.440 e. The molecule has 38 heavy (non-hydrogen) atoms. The van der Waals surface area contributed by atoms with Gasteiger partial charge < -0.3 is 19.4 Å². The standard InChI is InChI=1S/C33H45NO4/c1-18-6-5-7-26-31(18)38-29(34-26)11-8-22-19(2)17-33-23(22)9-10-24(33)30-25(16-28(33)37-4)32(3)13-12-21(35)14-20(32)15-27(30)36/h5-7,20-25,27-28,30,35-36H,2,8-17H2,1,3-4H3/t20-,21+,22?,23+,24-,25-,27+,28-,30-,32-,33+/m0/s1. The highest BCUT2D eigenvalue weighted by molar-refractivity contribution is 5.75. The minimum atomic E-state index is -0.267. The SMILES string of the molecule is C=C1C[C@]23[C@@H](OC)C[C@H]4[C@@H]([C@H](O)C[C@@H]5C[C@H](O)CC[C@@]54C)[C@@H]2CC[C@@H]3C1CCc1nc2cccc(C)c2o1. The van der Waals surface area contributed by atoms with Gasteiger partial charge in [-0.2, -0.15) is 0 Å². The van der Waals surface area contributed by atoms with Crippen LogP contribution in [-0.2, 0) is 11.2 Å². The number of allylic oxidation sites excluding steroid dienone is 1. The van der Waals surface area contributed by atoms with Crippen molar-refractivity contribution < 1.29 is 19.4 Å². The average Bonchev–Trinajstić information content (AvgIpc) is 3.54. The molecule has 1 spiro atoms. The normalized spacial score (nSPS) is 46.0. The predicted octanol–water partition coefficient (Wildman–Crippen LogP) is 6.24. The molecule has 7 rings (SSSR count). The molecule has 1 aromatic carbocycles. The molecule has 1 aromatic heterocycles. The lowest BCUT2D eigenvalue weighted by molar-refractivity contribution is -0.211. The fraction of sp³-hybridized carbons (Fsp3) is 0.727. The number of ether oxygens (including phenoxy) is 1. The first-order valence-electron chi connectivity index (χ1n) is 15.2. The van der Waals surface area contributed by atoms with Crippen molar-refractivity contribution in [3.8, 4) is 0 Å². The number of hydrogen-bond donors (Lipinski definition) is 2. The molecule has 2 aromatic rings. The number of aliphatic hydroxyl groups is 2. The zero-order valence-electron chi connectivity index (χ0n) is 23.4. The van der Waals surface area contributed by atoms with Gasteiger partial charge in [0.1, 0.15) is 5.52 Å². The molecule has 5 aliphatic carbocycles. The van der Waals surface area contributed by atoms with Crippen molar-refractivity contribution in [1.29, 1.82) is 0 Å². The second-order valence-electron chi connectivity index (χ2n) is 14.0. The van der Waals surface area contributed by atoms with Crippen LogP contribution in [0.1, 0.15) is 76.2 Å². The number of aliphatic hydroxyl groups excluding tert-OH is 2. The summed E-state index contributed by atoms with van der Waals surface area (Å²) in [6.07, 6.45) is 9.75. The number of hydrogen-bond acceptors (Lipinski definition) is 5. The number of fused-ring (bicyclic) bond motifs is 5. The summed E-state index contributed by atoms with van der Waals surface area (Å²) in [6.45, 7) is 9.21. The Hall–Kier alpha value is -1.69. The van der Waals surface area contributed by atoms with E-state index in [2.05, 4.69) is 26.5 Å². The van der Waals surface area contributed by atoms with E-state index in [0.29, 0.717) is 35.5 Å². The van der Waals surface area contributed by atoms with E-state index in [-0.39, 0.29) is 29.1 Å². The smallest absolute Gasteiger partial charge is 0.195 e. The quantitative estimate of drug-likeness (QED) is 0.468. The van der Waals surface area contributed by atoms with Crippen molar-refractivity contribution in [1.82, 2.24) is 4.98 Å². The molecular formula is C33H45NO4. The van der Waals surface area contributed by atoms with Gasteiger partial charge in [0.05, 0.1) is 18.3 Å². The molecule has 5 nitrogen and oxygen atoms in total. The van der Waals surface area contributed by atoms with Gasteiger partial charge >= 0.3 is 0 Å². The third-order valence-corrected chi connectivity index (χ3v) is 12.6. The van der Waals surface area contributed by atoms with Gasteiger partial charge in [0.2, 0.25) is 0 Å². The summed E-state index contributed by atoms with van der Waals surface area (Å²) in [5, 5.41) is 22.1. The zero-order valence-corrected chi connectivity index (χ0v) is 23.4. The Morgan fingerprint density at radius 2 is 1.92 bits per heavy atom. The van der Waals surface area contributed by atoms with Gasteiger partial charge in [0.25, 0.3) is 0 Å². The highest BCUT2D eigenvalue weighted by Crippen LogP contribution is 2.73. The molecule has 0 aliphatic heterocycles. The summed E-state index contributed by atoms with van der Waals surface area (Å²) in [5.41, 5.74) is 4.67. The van der Waals surface area contributed by atoms with E-state index >= 15 is 0 Å². The highest BCUT2D eigenvalue weighted by atomic mass is 16.5. The van der Waals surface area contributed by atoms with Gasteiger partial charge in [-0.15, -0.1) is 0 Å². The van der Waals surface area contributed by atoms with Crippen molar-refractivity contribution in [2.75, 3.05) is 7.11 Å². The van der Waals surface area contributed by atoms with Gasteiger partial charge in [-0.3, -0.25) is 0 Å². The van der Waals surface area contributed by atoms with E-state index < -0.39 is 0 Å². The van der Waals surface area contributed by atoms with Crippen LogP contribution in [0.5, 0.6) is 0 Å². The lowest BCUT2D eigenvalue weighted by atomic mass is 9.43. The molecule has 5 fully saturated rings. The Labute approximate surface area is 227 Å². The van der Waals surface area contributed by atoms with Crippen LogP contribution in [-0.4, -0.2) is 40.6 Å². The summed E-state index contributed by atoms with van der Waals surface area (Å²) in [5.74, 6) is 3.57. The lowest BCUT2D eigenvalue weighted by Gasteiger charge is -2.63. The van der Waals surface area contributed by atoms with Crippen molar-refractivity contribution in [3.63, 3.8) is 0 Å². The number of aromatic nitrogens is 1. The van der Waals surface area contributed by atoms with Crippen LogP contribution in [0.3, 0.4) is 0 Å². The van der Waals surface area contributed by atoms with E-state index in [9.17, 15) is 10.2 Å². The minimum absolute atomic E-state index is 0.0912. The van der Waals surface area contributed by atoms with Gasteiger partial charge in [0, 0.05) is 18.9 Å². The summed E-state index contributed by atoms with van der Waals surface area (Å²) in [4.78, 5) is 4.80. The molecule has 0 saturated heterocycles. The number of rotatable bonds is 4. The third kappa shape index (κ3) is 3.43. The average molecular weight is 520 g/mol. The van der Waals surface area contributed by atoms with Gasteiger partial charge in [-0.25, -0.2) is 4.98 Å². The first-order valence-corrected chi connectivity index (χ1v) is 15.2. The zero-order chi connectivity index (χ0) is 26.4. The van der Waals surface area contributed by atoms with Crippen molar-refractivity contribution >= 4 is 11.1 Å². The number of benzene rings is 1. The van der Waals surface area contributed by atoms with Crippen LogP contribution in [0.15, 0.2) is 34.8 Å². The number of oxazole rings is 1. The maximum atomic E-state index is 11.7. The van der Waals surface area contributed by atoms with Crippen LogP contribution >= 0.6 is 0 Å². The van der Waals surface area contributed by atoms with Gasteiger partial charge in [0.15, 0.2) is 11.5 Å². The Morgan fingerprint density at radius 1 is 1.11 bits per heavy atom. The molecule has 206 valence electrons. The monoisotopic (exact) mass is 519 g/mol. The summed E-state index contributed by atoms with van der Waals surface area (Å²) in [7, 11) is 1.92. The highest BCUT2D eigenvalue weighted by Gasteiger charge is 2.70. The third-order valence-electron chi connectivity index (χ3n) is 12.6. The molecule has 5 heteroatoms. The molecule has 11 atom stereocenters. The summed E-state index contributed by atoms with van der Waals surface area (Å²) >= 11 is 0. The van der Waals surface area contributed by atoms with Crippen LogP contribution in [0.4, 0.5) is 0 Å². The van der Waals surface area contributed by atoms with E-state index in [1.54, 1.807) is 0 Å². The molecule has 1 heterocycles. The van der Waals surface area contributed by atoms with E-state index in [1.165, 1.54) is 18.4 Å². The van der Waals surface area contributed by atoms with Gasteiger partial charge in [-0.1, -0.05) is 31.2 Å². The van der Waals surface area contributed by atoms with E-state index in [1.807, 2.05) is 19.2 Å². The van der Waals surface area contributed by atoms with Crippen molar-refractivity contribution in [3.05, 3.63) is 41.8 Å². The maximum Gasteiger partial charge on any atom is 0.195 e. The van der Waals surface area contributed by atoms with Crippen LogP contribution in [0.2, 0.25) is 0 Å². The Kier molecular flexibility index (Phi) is 5.93. The van der Waals surface area contributed by atoms with Crippen LogP contribution in [0, 0.1) is 53.3 Å². The Balaban J connectivity index is 1.17. The molecule has 0 bridgehead atoms. The van der Waals surface area contributed by atoms with Crippen LogP contribution < -0.4 is 0 Å². The second kappa shape index (κ2) is 8.91. The molecule has 0 amide bonds. The Morgan fingerprint density at radius 3 is 2.71 bits per heavy atom. The molecule has 2 N–H and O–H groups in total. The van der Waals surface area contributed by atoms with Crippen molar-refractivity contribution in [2.45, 2.75) is 96.4 Å². The topological polar surface area (TPSA) is 75.7 Å². The first-order chi connectivity index (χ1) is 18.3. The number of nitrogens with zero attached hydrogens (tertiary/aromatic N) is 1. The van der Waals surface area contributed by atoms with E-state index in [0.717, 1.165) is 73.9 Å². The lowest BCUT2D eigenvalue weighted by Crippen LogP contribution is -2.62. The maximum absolute atomic E-state index is 11.7. The largest absolute Gasteiger partial charge is 0.440 e. The summed E-state index contributed by atoms with van der Waals surface area (Å²) < 4.78 is 12.6. The molecular weight excluding hydrogens is 474 g/mol. The van der Waals surface area contributed by atoms with E-state index in [4.69, 9.17) is 14.1 Å². The molecule has 5 aliphatic rings. The fourth-order valence-corrected chi connectivity index (χ4v) is 11.0. The van der Waals surface area contributed by atoms with Crippen molar-refractivity contribution in [2.24, 2.45) is 46.3 Å². The number of methoxy groups -OCH3 is 1. The molecule has 1 unspecified atom stereocenters. The van der Waals surface area contributed by atoms with Gasteiger partial charge in [-0.05, 0) is 117 Å². The fourth-order valence-electron chi connectivity index (χ4n) is 11.0. The summed E-state index contributed by atoms with van der Waals surface area (Å²) in [6, 6.07) is 6.16. The Bertz CT molecular complexity index is 1240. The second-order valence-corrected chi connectivity index (χ2v) is 14.0. The molecule has 5 saturated carbocycles. The number of para-hydroxylation sites is 1. The number of aryl methyl sites for hydroxylation is 2. The predicted molar refractivity (Wildman–Crippen MR) is 147 cm³/mol. The molecule has 0 radical (unpaired) electrons. The van der Waals surface area contributed by atoms with Crippen LogP contribution in [0.25, 0.3) is 11.1 Å².